The van der Waals surface area contributed by atoms with Gasteiger partial charge in [-0.3, -0.25) is 0 Å². The molecule has 0 saturated carbocycles. The van der Waals surface area contributed by atoms with E-state index in [-0.39, 0.29) is 0 Å². The minimum absolute atomic E-state index is 0.708. The first kappa shape index (κ1) is 10.0. The fourth-order valence-electron chi connectivity index (χ4n) is 1.99. The third kappa shape index (κ3) is 2.76. The maximum atomic E-state index is 5.49. The quantitative estimate of drug-likeness (QED) is 0.671. The Morgan fingerprint density at radius 1 is 1.42 bits per heavy atom. The van der Waals surface area contributed by atoms with Crippen LogP contribution in [0.3, 0.4) is 0 Å². The van der Waals surface area contributed by atoms with Crippen LogP contribution < -0.4 is 11.1 Å². The Labute approximate surface area is 75.9 Å². The molecule has 0 aliphatic carbocycles. The highest BCUT2D eigenvalue weighted by Crippen LogP contribution is 2.23. The van der Waals surface area contributed by atoms with Crippen molar-refractivity contribution in [1.29, 1.82) is 0 Å². The molecular formula is C10H22N2. The minimum Gasteiger partial charge on any atom is -0.330 e. The molecule has 3 N–H and O–H groups in total. The maximum Gasteiger partial charge on any atom is 0.00645 e. The Hall–Kier alpha value is -0.0800. The summed E-state index contributed by atoms with van der Waals surface area (Å²) >= 11 is 0. The second kappa shape index (κ2) is 4.83. The van der Waals surface area contributed by atoms with Gasteiger partial charge in [0.1, 0.15) is 0 Å². The molecule has 72 valence electrons. The highest BCUT2D eigenvalue weighted by atomic mass is 14.9. The van der Waals surface area contributed by atoms with Crippen molar-refractivity contribution in [3.63, 3.8) is 0 Å². The van der Waals surface area contributed by atoms with Gasteiger partial charge in [-0.2, -0.15) is 0 Å². The maximum absolute atomic E-state index is 5.49. The van der Waals surface area contributed by atoms with E-state index in [0.717, 1.165) is 18.4 Å². The molecule has 1 rings (SSSR count). The lowest BCUT2D eigenvalue weighted by Crippen LogP contribution is -2.42. The van der Waals surface area contributed by atoms with Crippen LogP contribution in [0.4, 0.5) is 0 Å². The molecule has 1 aliphatic heterocycles. The van der Waals surface area contributed by atoms with Crippen molar-refractivity contribution in [2.75, 3.05) is 13.1 Å². The van der Waals surface area contributed by atoms with Crippen LogP contribution in [0.1, 0.15) is 33.1 Å². The predicted octanol–water partition coefficient (Wildman–Crippen LogP) is 1.36. The fraction of sp³-hybridized carbons (Fsp3) is 1.00. The highest BCUT2D eigenvalue weighted by Gasteiger charge is 2.22. The molecule has 0 aromatic carbocycles. The average molecular weight is 170 g/mol. The van der Waals surface area contributed by atoms with E-state index in [4.69, 9.17) is 5.73 Å². The van der Waals surface area contributed by atoms with E-state index < -0.39 is 0 Å². The van der Waals surface area contributed by atoms with Crippen LogP contribution >= 0.6 is 0 Å². The molecule has 12 heavy (non-hydrogen) atoms. The predicted molar refractivity (Wildman–Crippen MR) is 53.0 cm³/mol. The summed E-state index contributed by atoms with van der Waals surface area (Å²) in [6.45, 7) is 6.67. The molecule has 2 nitrogen and oxygen atoms in total. The third-order valence-electron chi connectivity index (χ3n) is 3.10. The van der Waals surface area contributed by atoms with Gasteiger partial charge in [-0.25, -0.2) is 0 Å². The third-order valence-corrected chi connectivity index (χ3v) is 3.10. The van der Waals surface area contributed by atoms with Gasteiger partial charge in [0, 0.05) is 6.04 Å². The first-order chi connectivity index (χ1) is 5.74. The van der Waals surface area contributed by atoms with Crippen molar-refractivity contribution in [3.05, 3.63) is 0 Å². The van der Waals surface area contributed by atoms with Gasteiger partial charge in [-0.15, -0.1) is 0 Å². The van der Waals surface area contributed by atoms with Crippen molar-refractivity contribution in [2.24, 2.45) is 17.6 Å². The Balaban J connectivity index is 2.21. The highest BCUT2D eigenvalue weighted by molar-refractivity contribution is 4.79. The van der Waals surface area contributed by atoms with E-state index in [1.807, 2.05) is 0 Å². The van der Waals surface area contributed by atoms with Gasteiger partial charge in [0.25, 0.3) is 0 Å². The lowest BCUT2D eigenvalue weighted by Gasteiger charge is -2.33. The second-order valence-corrected chi connectivity index (χ2v) is 4.21. The standard InChI is InChI=1S/C10H22N2/c1-8-6-10(4-3-5-11)7-12-9(8)2/h8-10,12H,3-7,11H2,1-2H3. The van der Waals surface area contributed by atoms with Crippen LogP contribution in [0.15, 0.2) is 0 Å². The van der Waals surface area contributed by atoms with Crippen LogP contribution in [-0.2, 0) is 0 Å². The molecule has 0 aromatic heterocycles. The average Bonchev–Trinajstić information content (AvgIpc) is 2.07. The van der Waals surface area contributed by atoms with Crippen LogP contribution in [0.5, 0.6) is 0 Å². The zero-order valence-corrected chi connectivity index (χ0v) is 8.34. The van der Waals surface area contributed by atoms with E-state index in [1.54, 1.807) is 0 Å². The van der Waals surface area contributed by atoms with Crippen LogP contribution in [0.2, 0.25) is 0 Å². The molecule has 2 heteroatoms. The molecule has 0 radical (unpaired) electrons. The van der Waals surface area contributed by atoms with Crippen molar-refractivity contribution < 1.29 is 0 Å². The van der Waals surface area contributed by atoms with Gasteiger partial charge in [-0.05, 0) is 51.1 Å². The molecule has 3 atom stereocenters. The Kier molecular flexibility index (Phi) is 4.02. The molecule has 1 aliphatic rings. The summed E-state index contributed by atoms with van der Waals surface area (Å²) in [5.41, 5.74) is 5.49. The Morgan fingerprint density at radius 3 is 2.75 bits per heavy atom. The Bertz CT molecular complexity index is 123. The van der Waals surface area contributed by atoms with Crippen molar-refractivity contribution in [3.8, 4) is 0 Å². The lowest BCUT2D eigenvalue weighted by molar-refractivity contribution is 0.233. The topological polar surface area (TPSA) is 38.0 Å². The largest absolute Gasteiger partial charge is 0.330 e. The van der Waals surface area contributed by atoms with Gasteiger partial charge in [0.2, 0.25) is 0 Å². The zero-order valence-electron chi connectivity index (χ0n) is 8.34. The summed E-state index contributed by atoms with van der Waals surface area (Å²) in [5, 5.41) is 3.55. The second-order valence-electron chi connectivity index (χ2n) is 4.21. The molecule has 3 unspecified atom stereocenters. The normalized spacial score (nSPS) is 36.8. The molecule has 0 spiro atoms. The first-order valence-corrected chi connectivity index (χ1v) is 5.17. The summed E-state index contributed by atoms with van der Waals surface area (Å²) in [7, 11) is 0. The molecular weight excluding hydrogens is 148 g/mol. The number of hydrogen-bond acceptors (Lipinski definition) is 2. The summed E-state index contributed by atoms with van der Waals surface area (Å²) in [4.78, 5) is 0. The summed E-state index contributed by atoms with van der Waals surface area (Å²) < 4.78 is 0. The van der Waals surface area contributed by atoms with Crippen LogP contribution in [0, 0.1) is 11.8 Å². The number of piperidine rings is 1. The van der Waals surface area contributed by atoms with Crippen LogP contribution in [0.25, 0.3) is 0 Å². The fourth-order valence-corrected chi connectivity index (χ4v) is 1.99. The summed E-state index contributed by atoms with van der Waals surface area (Å²) in [5.74, 6) is 1.71. The molecule has 1 fully saturated rings. The Morgan fingerprint density at radius 2 is 2.17 bits per heavy atom. The van der Waals surface area contributed by atoms with Crippen molar-refractivity contribution >= 4 is 0 Å². The number of nitrogens with one attached hydrogen (secondary N) is 1. The number of rotatable bonds is 3. The lowest BCUT2D eigenvalue weighted by atomic mass is 9.84. The van der Waals surface area contributed by atoms with Gasteiger partial charge in [0.05, 0.1) is 0 Å². The SMILES string of the molecule is CC1CC(CCCN)CNC1C. The first-order valence-electron chi connectivity index (χ1n) is 5.17. The van der Waals surface area contributed by atoms with Gasteiger partial charge < -0.3 is 11.1 Å². The molecule has 0 bridgehead atoms. The molecule has 0 aromatic rings. The van der Waals surface area contributed by atoms with Gasteiger partial charge >= 0.3 is 0 Å². The zero-order chi connectivity index (χ0) is 8.97. The van der Waals surface area contributed by atoms with Crippen molar-refractivity contribution in [1.82, 2.24) is 5.32 Å². The molecule has 1 saturated heterocycles. The minimum atomic E-state index is 0.708. The van der Waals surface area contributed by atoms with E-state index in [1.165, 1.54) is 25.8 Å². The van der Waals surface area contributed by atoms with E-state index in [0.29, 0.717) is 6.04 Å². The van der Waals surface area contributed by atoms with Crippen LogP contribution in [-0.4, -0.2) is 19.1 Å². The number of nitrogens with two attached hydrogens (primary N) is 1. The van der Waals surface area contributed by atoms with Gasteiger partial charge in [-0.1, -0.05) is 6.92 Å². The van der Waals surface area contributed by atoms with E-state index in [9.17, 15) is 0 Å². The summed E-state index contributed by atoms with van der Waals surface area (Å²) in [6, 6.07) is 0.708. The molecule has 0 amide bonds. The smallest absolute Gasteiger partial charge is 0.00645 e. The monoisotopic (exact) mass is 170 g/mol. The number of hydrogen-bond donors (Lipinski definition) is 2. The van der Waals surface area contributed by atoms with Gasteiger partial charge in [0.15, 0.2) is 0 Å². The van der Waals surface area contributed by atoms with E-state index >= 15 is 0 Å². The van der Waals surface area contributed by atoms with E-state index in [2.05, 4.69) is 19.2 Å². The summed E-state index contributed by atoms with van der Waals surface area (Å²) in [6.07, 6.45) is 3.88. The van der Waals surface area contributed by atoms with Crippen molar-refractivity contribution in [2.45, 2.75) is 39.2 Å². The molecule has 1 heterocycles.